The van der Waals surface area contributed by atoms with Gasteiger partial charge in [-0.25, -0.2) is 4.98 Å². The minimum Gasteiger partial charge on any atom is -0.497 e. The van der Waals surface area contributed by atoms with Crippen LogP contribution < -0.4 is 10.1 Å². The van der Waals surface area contributed by atoms with E-state index < -0.39 is 0 Å². The van der Waals surface area contributed by atoms with Gasteiger partial charge in [-0.2, -0.15) is 0 Å². The van der Waals surface area contributed by atoms with Gasteiger partial charge in [0.15, 0.2) is 0 Å². The first-order chi connectivity index (χ1) is 10.2. The number of nitrogens with one attached hydrogen (secondary N) is 1. The standard InChI is InChI=1S/C17H24N2OS/c1-13-17(21-12-19-13)8-7-15(11-18-2)9-14-5-4-6-16(10-14)20-3/h4-6,10,12,15,18H,7-9,11H2,1-3H3. The molecule has 0 aliphatic rings. The molecule has 21 heavy (non-hydrogen) atoms. The Morgan fingerprint density at radius 2 is 2.24 bits per heavy atom. The number of benzene rings is 1. The second kappa shape index (κ2) is 8.15. The summed E-state index contributed by atoms with van der Waals surface area (Å²) in [5.41, 5.74) is 4.47. The van der Waals surface area contributed by atoms with E-state index in [1.54, 1.807) is 18.4 Å². The maximum Gasteiger partial charge on any atom is 0.119 e. The summed E-state index contributed by atoms with van der Waals surface area (Å²) in [5.74, 6) is 1.57. The molecule has 1 heterocycles. The first-order valence-electron chi connectivity index (χ1n) is 7.39. The fraction of sp³-hybridized carbons (Fsp3) is 0.471. The van der Waals surface area contributed by atoms with Gasteiger partial charge >= 0.3 is 0 Å². The molecule has 2 rings (SSSR count). The first kappa shape index (κ1) is 16.0. The Balaban J connectivity index is 1.96. The topological polar surface area (TPSA) is 34.2 Å². The first-order valence-corrected chi connectivity index (χ1v) is 8.27. The highest BCUT2D eigenvalue weighted by Crippen LogP contribution is 2.21. The lowest BCUT2D eigenvalue weighted by Crippen LogP contribution is -2.21. The lowest BCUT2D eigenvalue weighted by molar-refractivity contribution is 0.412. The van der Waals surface area contributed by atoms with E-state index in [-0.39, 0.29) is 0 Å². The van der Waals surface area contributed by atoms with Gasteiger partial charge in [-0.05, 0) is 63.4 Å². The Bertz CT molecular complexity index is 553. The smallest absolute Gasteiger partial charge is 0.119 e. The number of hydrogen-bond acceptors (Lipinski definition) is 4. The summed E-state index contributed by atoms with van der Waals surface area (Å²) >= 11 is 1.77. The summed E-state index contributed by atoms with van der Waals surface area (Å²) in [6.07, 6.45) is 3.38. The van der Waals surface area contributed by atoms with Crippen LogP contribution in [-0.4, -0.2) is 25.7 Å². The van der Waals surface area contributed by atoms with Crippen LogP contribution in [0.2, 0.25) is 0 Å². The molecule has 1 unspecified atom stereocenters. The molecule has 0 saturated carbocycles. The zero-order chi connectivity index (χ0) is 15.1. The van der Waals surface area contributed by atoms with Gasteiger partial charge < -0.3 is 10.1 Å². The van der Waals surface area contributed by atoms with Crippen molar-refractivity contribution in [1.82, 2.24) is 10.3 Å². The summed E-state index contributed by atoms with van der Waals surface area (Å²) in [6.45, 7) is 3.13. The molecule has 1 aromatic heterocycles. The van der Waals surface area contributed by atoms with Gasteiger partial charge in [-0.3, -0.25) is 0 Å². The second-order valence-corrected chi connectivity index (χ2v) is 6.32. The van der Waals surface area contributed by atoms with Gasteiger partial charge in [0.25, 0.3) is 0 Å². The van der Waals surface area contributed by atoms with Crippen LogP contribution in [0.15, 0.2) is 29.8 Å². The Hall–Kier alpha value is -1.39. The number of methoxy groups -OCH3 is 1. The Kier molecular flexibility index (Phi) is 6.21. The summed E-state index contributed by atoms with van der Waals surface area (Å²) in [5, 5.41) is 3.32. The molecule has 114 valence electrons. The fourth-order valence-electron chi connectivity index (χ4n) is 2.60. The van der Waals surface area contributed by atoms with Crippen molar-refractivity contribution in [3.05, 3.63) is 45.9 Å². The number of rotatable bonds is 8. The molecule has 0 aliphatic carbocycles. The van der Waals surface area contributed by atoms with Crippen molar-refractivity contribution in [1.29, 1.82) is 0 Å². The van der Waals surface area contributed by atoms with Gasteiger partial charge in [-0.1, -0.05) is 12.1 Å². The minimum absolute atomic E-state index is 0.628. The molecular weight excluding hydrogens is 280 g/mol. The van der Waals surface area contributed by atoms with Crippen molar-refractivity contribution in [2.45, 2.75) is 26.2 Å². The largest absolute Gasteiger partial charge is 0.497 e. The van der Waals surface area contributed by atoms with Crippen LogP contribution in [0.25, 0.3) is 0 Å². The maximum absolute atomic E-state index is 5.31. The van der Waals surface area contributed by atoms with Crippen LogP contribution in [0, 0.1) is 12.8 Å². The van der Waals surface area contributed by atoms with Crippen molar-refractivity contribution >= 4 is 11.3 Å². The van der Waals surface area contributed by atoms with Crippen molar-refractivity contribution in [2.75, 3.05) is 20.7 Å². The molecule has 2 aromatic rings. The zero-order valence-electron chi connectivity index (χ0n) is 13.1. The number of ether oxygens (including phenoxy) is 1. The highest BCUT2D eigenvalue weighted by molar-refractivity contribution is 7.09. The highest BCUT2D eigenvalue weighted by Gasteiger charge is 2.11. The third-order valence-electron chi connectivity index (χ3n) is 3.78. The number of thiazole rings is 1. The molecule has 0 fully saturated rings. The lowest BCUT2D eigenvalue weighted by Gasteiger charge is -2.17. The van der Waals surface area contributed by atoms with E-state index in [9.17, 15) is 0 Å². The quantitative estimate of drug-likeness (QED) is 0.811. The van der Waals surface area contributed by atoms with Crippen molar-refractivity contribution in [3.63, 3.8) is 0 Å². The average Bonchev–Trinajstić information content (AvgIpc) is 2.90. The SMILES string of the molecule is CNCC(CCc1scnc1C)Cc1cccc(OC)c1. The summed E-state index contributed by atoms with van der Waals surface area (Å²) in [4.78, 5) is 5.75. The molecular formula is C17H24N2OS. The fourth-order valence-corrected chi connectivity index (χ4v) is 3.40. The van der Waals surface area contributed by atoms with Gasteiger partial charge in [0.1, 0.15) is 5.75 Å². The van der Waals surface area contributed by atoms with Gasteiger partial charge in [0.2, 0.25) is 0 Å². The summed E-state index contributed by atoms with van der Waals surface area (Å²) in [6, 6.07) is 8.39. The number of hydrogen-bond donors (Lipinski definition) is 1. The monoisotopic (exact) mass is 304 g/mol. The highest BCUT2D eigenvalue weighted by atomic mass is 32.1. The van der Waals surface area contributed by atoms with E-state index in [0.29, 0.717) is 5.92 Å². The molecule has 1 atom stereocenters. The van der Waals surface area contributed by atoms with Crippen LogP contribution in [-0.2, 0) is 12.8 Å². The predicted octanol–water partition coefficient (Wildman–Crippen LogP) is 3.47. The van der Waals surface area contributed by atoms with Crippen LogP contribution in [0.4, 0.5) is 0 Å². The van der Waals surface area contributed by atoms with Crippen molar-refractivity contribution in [2.24, 2.45) is 5.92 Å². The number of aromatic nitrogens is 1. The molecule has 4 heteroatoms. The molecule has 0 spiro atoms. The maximum atomic E-state index is 5.31. The molecule has 0 amide bonds. The second-order valence-electron chi connectivity index (χ2n) is 5.38. The van der Waals surface area contributed by atoms with E-state index in [1.807, 2.05) is 18.6 Å². The third-order valence-corrected chi connectivity index (χ3v) is 4.77. The zero-order valence-corrected chi connectivity index (χ0v) is 13.9. The molecule has 0 bridgehead atoms. The minimum atomic E-state index is 0.628. The Morgan fingerprint density at radius 1 is 1.38 bits per heavy atom. The van der Waals surface area contributed by atoms with E-state index in [0.717, 1.165) is 25.1 Å². The molecule has 0 aliphatic heterocycles. The molecule has 0 radical (unpaired) electrons. The van der Waals surface area contributed by atoms with Crippen LogP contribution in [0.5, 0.6) is 5.75 Å². The molecule has 3 nitrogen and oxygen atoms in total. The van der Waals surface area contributed by atoms with Gasteiger partial charge in [-0.15, -0.1) is 11.3 Å². The van der Waals surface area contributed by atoms with E-state index in [4.69, 9.17) is 4.74 Å². The van der Waals surface area contributed by atoms with Gasteiger partial charge in [0.05, 0.1) is 18.3 Å². The normalized spacial score (nSPS) is 12.3. The Morgan fingerprint density at radius 3 is 2.90 bits per heavy atom. The average molecular weight is 304 g/mol. The summed E-state index contributed by atoms with van der Waals surface area (Å²) in [7, 11) is 3.74. The van der Waals surface area contributed by atoms with Crippen LogP contribution in [0.1, 0.15) is 22.6 Å². The predicted molar refractivity (Wildman–Crippen MR) is 89.3 cm³/mol. The molecule has 1 N–H and O–H groups in total. The molecule has 1 aromatic carbocycles. The third kappa shape index (κ3) is 4.83. The van der Waals surface area contributed by atoms with E-state index in [1.165, 1.54) is 22.6 Å². The molecule has 0 saturated heterocycles. The van der Waals surface area contributed by atoms with Crippen LogP contribution >= 0.6 is 11.3 Å². The lowest BCUT2D eigenvalue weighted by atomic mass is 9.94. The number of aryl methyl sites for hydroxylation is 2. The Labute approximate surface area is 131 Å². The van der Waals surface area contributed by atoms with Gasteiger partial charge in [0, 0.05) is 4.88 Å². The van der Waals surface area contributed by atoms with E-state index >= 15 is 0 Å². The number of nitrogens with zero attached hydrogens (tertiary/aromatic N) is 1. The van der Waals surface area contributed by atoms with E-state index in [2.05, 4.69) is 35.4 Å². The van der Waals surface area contributed by atoms with Crippen LogP contribution in [0.3, 0.4) is 0 Å². The van der Waals surface area contributed by atoms with Crippen molar-refractivity contribution < 1.29 is 4.74 Å². The summed E-state index contributed by atoms with van der Waals surface area (Å²) < 4.78 is 5.31. The van der Waals surface area contributed by atoms with Crippen molar-refractivity contribution in [3.8, 4) is 5.75 Å².